The zero-order valence-electron chi connectivity index (χ0n) is 27.6. The molecule has 0 saturated heterocycles. The minimum Gasteiger partial charge on any atom is -0.394 e. The second-order valence-electron chi connectivity index (χ2n) is 11.7. The van der Waals surface area contributed by atoms with Crippen molar-refractivity contribution in [3.63, 3.8) is 0 Å². The Kier molecular flexibility index (Phi) is 15.1. The molecule has 0 aromatic heterocycles. The first kappa shape index (κ1) is 42.0. The van der Waals surface area contributed by atoms with Gasteiger partial charge in [0, 0.05) is 19.3 Å². The third-order valence-corrected chi connectivity index (χ3v) is 9.12. The van der Waals surface area contributed by atoms with Crippen LogP contribution in [0.4, 0.5) is 49.1 Å². The van der Waals surface area contributed by atoms with E-state index in [4.69, 9.17) is 14.8 Å². The molecule has 1 fully saturated rings. The zero-order chi connectivity index (χ0) is 38.9. The lowest BCUT2D eigenvalue weighted by molar-refractivity contribution is -0.113. The number of hydrogen-bond acceptors (Lipinski definition) is 8. The quantitative estimate of drug-likeness (QED) is 0.0452. The standard InChI is InChI=1S/C18H16F3IN2O3.C17H16F3IN2O3/c19-12-7-11(17(25)24-27-9-18(26)4-1-5-18)16(8-13(12)20)23-15-3-2-10(22)6-14(15)21;1-2-10(8-24)26-23-17(25)11-6-12(18)13(19)7-16(11)22-15-4-3-9(21)5-14(15)20/h2-3,6-8,23,26H,1,4-5,9H2,(H,24,25);3-7,10,22,24H,2,8H2,1H3,(H,23,25). The van der Waals surface area contributed by atoms with Crippen LogP contribution in [-0.2, 0) is 9.68 Å². The Morgan fingerprint density at radius 1 is 0.717 bits per heavy atom. The van der Waals surface area contributed by atoms with Crippen LogP contribution in [-0.4, -0.2) is 46.9 Å². The van der Waals surface area contributed by atoms with E-state index < -0.39 is 58.4 Å². The van der Waals surface area contributed by atoms with E-state index in [1.54, 1.807) is 19.1 Å². The molecule has 1 aliphatic carbocycles. The predicted octanol–water partition coefficient (Wildman–Crippen LogP) is 7.91. The van der Waals surface area contributed by atoms with Crippen LogP contribution in [0.15, 0.2) is 60.7 Å². The first-order valence-electron chi connectivity index (χ1n) is 15.8. The van der Waals surface area contributed by atoms with Crippen molar-refractivity contribution in [3.8, 4) is 0 Å². The second-order valence-corrected chi connectivity index (χ2v) is 14.2. The number of amides is 2. The molecule has 18 heteroatoms. The number of rotatable bonds is 13. The van der Waals surface area contributed by atoms with Crippen LogP contribution in [0.1, 0.15) is 53.3 Å². The average Bonchev–Trinajstić information content (AvgIpc) is 3.10. The van der Waals surface area contributed by atoms with Crippen LogP contribution in [0.3, 0.4) is 0 Å². The Morgan fingerprint density at radius 2 is 1.17 bits per heavy atom. The summed E-state index contributed by atoms with van der Waals surface area (Å²) in [5.41, 5.74) is 2.37. The highest BCUT2D eigenvalue weighted by atomic mass is 127. The van der Waals surface area contributed by atoms with Crippen molar-refractivity contribution in [1.82, 2.24) is 11.0 Å². The van der Waals surface area contributed by atoms with Crippen molar-refractivity contribution in [2.75, 3.05) is 23.8 Å². The SMILES string of the molecule is CCC(CO)ONC(=O)c1cc(F)c(F)cc1Nc1ccc(I)cc1F.O=C(NOCC1(O)CCC1)c1cc(F)c(F)cc1Nc1ccc(I)cc1F. The number of aliphatic hydroxyl groups is 2. The van der Waals surface area contributed by atoms with E-state index in [-0.39, 0.29) is 47.1 Å². The van der Waals surface area contributed by atoms with Crippen molar-refractivity contribution < 1.29 is 55.8 Å². The maximum absolute atomic E-state index is 14.0. The smallest absolute Gasteiger partial charge is 0.277 e. The molecule has 1 atom stereocenters. The van der Waals surface area contributed by atoms with Gasteiger partial charge in [-0.05, 0) is 119 Å². The van der Waals surface area contributed by atoms with Crippen LogP contribution in [0.5, 0.6) is 0 Å². The van der Waals surface area contributed by atoms with Crippen molar-refractivity contribution >= 4 is 79.7 Å². The van der Waals surface area contributed by atoms with Crippen molar-refractivity contribution in [2.24, 2.45) is 0 Å². The summed E-state index contributed by atoms with van der Waals surface area (Å²) < 4.78 is 83.8. The number of aliphatic hydroxyl groups excluding tert-OH is 1. The van der Waals surface area contributed by atoms with Crippen LogP contribution >= 0.6 is 45.2 Å². The van der Waals surface area contributed by atoms with E-state index >= 15 is 0 Å². The number of nitrogens with one attached hydrogen (secondary N) is 4. The third kappa shape index (κ3) is 11.6. The summed E-state index contributed by atoms with van der Waals surface area (Å²) in [6.07, 6.45) is 1.77. The van der Waals surface area contributed by atoms with Gasteiger partial charge in [-0.1, -0.05) is 6.92 Å². The lowest BCUT2D eigenvalue weighted by atomic mass is 9.81. The summed E-state index contributed by atoms with van der Waals surface area (Å²) in [7, 11) is 0. The molecule has 4 aromatic carbocycles. The topological polar surface area (TPSA) is 141 Å². The molecular weight excluding hydrogens is 940 g/mol. The number of carbonyl (C=O) groups is 2. The Bertz CT molecular complexity index is 1950. The fourth-order valence-corrected chi connectivity index (χ4v) is 5.52. The first-order chi connectivity index (χ1) is 25.1. The van der Waals surface area contributed by atoms with Gasteiger partial charge in [0.25, 0.3) is 11.8 Å². The normalized spacial score (nSPS) is 13.6. The minimum atomic E-state index is -1.24. The van der Waals surface area contributed by atoms with Crippen molar-refractivity contribution in [1.29, 1.82) is 0 Å². The van der Waals surface area contributed by atoms with Crippen LogP contribution in [0.2, 0.25) is 0 Å². The van der Waals surface area contributed by atoms with Crippen molar-refractivity contribution in [2.45, 2.75) is 44.3 Å². The summed E-state index contributed by atoms with van der Waals surface area (Å²) in [6, 6.07) is 11.5. The van der Waals surface area contributed by atoms with Crippen molar-refractivity contribution in [3.05, 3.63) is 114 Å². The van der Waals surface area contributed by atoms with Gasteiger partial charge in [0.1, 0.15) is 24.3 Å². The number of hydroxylamine groups is 2. The van der Waals surface area contributed by atoms with Gasteiger partial charge in [-0.2, -0.15) is 0 Å². The molecule has 0 bridgehead atoms. The molecule has 5 rings (SSSR count). The highest BCUT2D eigenvalue weighted by Crippen LogP contribution is 2.32. The highest BCUT2D eigenvalue weighted by molar-refractivity contribution is 14.1. The Labute approximate surface area is 326 Å². The molecule has 4 aromatic rings. The predicted molar refractivity (Wildman–Crippen MR) is 199 cm³/mol. The van der Waals surface area contributed by atoms with E-state index in [1.165, 1.54) is 24.3 Å². The highest BCUT2D eigenvalue weighted by Gasteiger charge is 2.35. The Morgan fingerprint density at radius 3 is 1.57 bits per heavy atom. The van der Waals surface area contributed by atoms with Crippen LogP contribution in [0, 0.1) is 42.0 Å². The van der Waals surface area contributed by atoms with Gasteiger partial charge in [0.05, 0.1) is 46.1 Å². The molecule has 0 radical (unpaired) electrons. The number of benzene rings is 4. The van der Waals surface area contributed by atoms with E-state index in [1.807, 2.05) is 45.2 Å². The maximum Gasteiger partial charge on any atom is 0.277 e. The number of carbonyl (C=O) groups excluding carboxylic acids is 2. The molecule has 0 heterocycles. The summed E-state index contributed by atoms with van der Waals surface area (Å²) in [6.45, 7) is 1.29. The largest absolute Gasteiger partial charge is 0.394 e. The lowest BCUT2D eigenvalue weighted by Crippen LogP contribution is -2.44. The maximum atomic E-state index is 14.0. The molecule has 53 heavy (non-hydrogen) atoms. The molecule has 0 spiro atoms. The van der Waals surface area contributed by atoms with Gasteiger partial charge in [-0.25, -0.2) is 37.3 Å². The van der Waals surface area contributed by atoms with E-state index in [9.17, 15) is 41.0 Å². The number of hydrogen-bond donors (Lipinski definition) is 6. The van der Waals surface area contributed by atoms with E-state index in [0.717, 1.165) is 18.6 Å². The second kappa shape index (κ2) is 19.1. The molecule has 2 amide bonds. The fourth-order valence-electron chi connectivity index (χ4n) is 4.61. The van der Waals surface area contributed by atoms with Crippen LogP contribution in [0.25, 0.3) is 0 Å². The van der Waals surface area contributed by atoms with Gasteiger partial charge in [-0.15, -0.1) is 0 Å². The van der Waals surface area contributed by atoms with Gasteiger partial charge in [0.2, 0.25) is 0 Å². The molecule has 1 aliphatic rings. The van der Waals surface area contributed by atoms with E-state index in [2.05, 4.69) is 21.6 Å². The van der Waals surface area contributed by atoms with Gasteiger partial charge < -0.3 is 20.8 Å². The number of halogens is 8. The third-order valence-electron chi connectivity index (χ3n) is 7.78. The molecular formula is C35H32F6I2N4O6. The molecule has 1 saturated carbocycles. The minimum absolute atomic E-state index is 0.000159. The summed E-state index contributed by atoms with van der Waals surface area (Å²) in [5.74, 6) is -7.81. The first-order valence-corrected chi connectivity index (χ1v) is 17.9. The Hall–Kier alpha value is -3.70. The Balaban J connectivity index is 0.000000237. The molecule has 1 unspecified atom stereocenters. The van der Waals surface area contributed by atoms with Gasteiger partial charge in [0.15, 0.2) is 23.3 Å². The molecule has 10 nitrogen and oxygen atoms in total. The van der Waals surface area contributed by atoms with Gasteiger partial charge >= 0.3 is 0 Å². The van der Waals surface area contributed by atoms with E-state index in [0.29, 0.717) is 38.5 Å². The molecule has 6 N–H and O–H groups in total. The number of anilines is 4. The van der Waals surface area contributed by atoms with Gasteiger partial charge in [-0.3, -0.25) is 19.3 Å². The zero-order valence-corrected chi connectivity index (χ0v) is 32.0. The molecule has 284 valence electrons. The average molecular weight is 972 g/mol. The monoisotopic (exact) mass is 972 g/mol. The van der Waals surface area contributed by atoms with Crippen LogP contribution < -0.4 is 21.6 Å². The summed E-state index contributed by atoms with van der Waals surface area (Å²) in [4.78, 5) is 34.6. The summed E-state index contributed by atoms with van der Waals surface area (Å²) in [5, 5.41) is 24.2. The molecule has 0 aliphatic heterocycles. The lowest BCUT2D eigenvalue weighted by Gasteiger charge is -2.35. The summed E-state index contributed by atoms with van der Waals surface area (Å²) >= 11 is 3.86. The fraction of sp³-hybridized carbons (Fsp3) is 0.257.